The fourth-order valence-electron chi connectivity index (χ4n) is 2.31. The summed E-state index contributed by atoms with van der Waals surface area (Å²) in [7, 11) is 0. The third-order valence-corrected chi connectivity index (χ3v) is 3.78. The average Bonchev–Trinajstić information content (AvgIpc) is 2.51. The molecule has 24 heavy (non-hydrogen) atoms. The molecule has 0 aliphatic heterocycles. The lowest BCUT2D eigenvalue weighted by molar-refractivity contribution is 0.255. The predicted octanol–water partition coefficient (Wildman–Crippen LogP) is 4.16. The quantitative estimate of drug-likeness (QED) is 0.686. The van der Waals surface area contributed by atoms with Crippen molar-refractivity contribution in [2.24, 2.45) is 5.73 Å². The second-order valence-electron chi connectivity index (χ2n) is 5.11. The number of carbonyl (C=O) groups excluding carboxylic acids is 1. The first-order valence-electron chi connectivity index (χ1n) is 6.99. The molecule has 0 atom stereocenters. The second-order valence-corrected chi connectivity index (χ2v) is 5.98. The summed E-state index contributed by atoms with van der Waals surface area (Å²) in [6.07, 6.45) is 1.65. The van der Waals surface area contributed by atoms with Crippen molar-refractivity contribution >= 4 is 51.8 Å². The number of benzene rings is 1. The number of nitrogens with one attached hydrogen (secondary N) is 1. The Balaban J connectivity index is 2.01. The molecule has 3 rings (SSSR count). The summed E-state index contributed by atoms with van der Waals surface area (Å²) in [5, 5.41) is 2.82. The summed E-state index contributed by atoms with van der Waals surface area (Å²) in [6.45, 7) is 1.93. The van der Waals surface area contributed by atoms with Crippen LogP contribution in [0, 0.1) is 6.92 Å². The van der Waals surface area contributed by atoms with Gasteiger partial charge in [-0.1, -0.05) is 23.2 Å². The highest BCUT2D eigenvalue weighted by atomic mass is 35.5. The van der Waals surface area contributed by atoms with E-state index < -0.39 is 6.03 Å². The molecule has 3 N–H and O–H groups in total. The van der Waals surface area contributed by atoms with E-state index in [-0.39, 0.29) is 0 Å². The fraction of sp³-hybridized carbons (Fsp3) is 0.0625. The Hall–Kier alpha value is -2.57. The minimum absolute atomic E-state index is 0.384. The number of fused-ring (bicyclic) bond motifs is 1. The lowest BCUT2D eigenvalue weighted by atomic mass is 10.2. The number of primary amides is 1. The summed E-state index contributed by atoms with van der Waals surface area (Å²) >= 11 is 12.0. The van der Waals surface area contributed by atoms with Crippen LogP contribution < -0.4 is 16.2 Å². The normalized spacial score (nSPS) is 10.6. The summed E-state index contributed by atoms with van der Waals surface area (Å²) in [5.41, 5.74) is 10.3. The van der Waals surface area contributed by atoms with Gasteiger partial charge in [0.15, 0.2) is 5.65 Å². The molecule has 0 radical (unpaired) electrons. The SMILES string of the molecule is Cc1cc(NN(C(N)=O)c2cc(Cl)cc(Cl)c2)nc2ncccc12. The molecule has 8 heteroatoms. The highest BCUT2D eigenvalue weighted by molar-refractivity contribution is 6.35. The molecular weight excluding hydrogens is 349 g/mol. The third-order valence-electron chi connectivity index (χ3n) is 3.34. The van der Waals surface area contributed by atoms with Gasteiger partial charge in [-0.25, -0.2) is 19.8 Å². The van der Waals surface area contributed by atoms with Crippen LogP contribution in [0.1, 0.15) is 5.56 Å². The summed E-state index contributed by atoms with van der Waals surface area (Å²) in [5.74, 6) is 0.425. The van der Waals surface area contributed by atoms with Crippen molar-refractivity contribution in [3.8, 4) is 0 Å². The summed E-state index contributed by atoms with van der Waals surface area (Å²) < 4.78 is 0. The van der Waals surface area contributed by atoms with E-state index in [4.69, 9.17) is 28.9 Å². The molecule has 0 unspecified atom stereocenters. The smallest absolute Gasteiger partial charge is 0.338 e. The number of aromatic nitrogens is 2. The van der Waals surface area contributed by atoms with Gasteiger partial charge >= 0.3 is 6.03 Å². The van der Waals surface area contributed by atoms with Gasteiger partial charge in [-0.2, -0.15) is 0 Å². The Morgan fingerprint density at radius 2 is 1.92 bits per heavy atom. The molecule has 0 spiro atoms. The van der Waals surface area contributed by atoms with E-state index in [0.717, 1.165) is 16.0 Å². The van der Waals surface area contributed by atoms with Crippen molar-refractivity contribution in [1.29, 1.82) is 0 Å². The van der Waals surface area contributed by atoms with Gasteiger partial charge in [0.05, 0.1) is 5.69 Å². The van der Waals surface area contributed by atoms with E-state index in [1.165, 1.54) is 0 Å². The summed E-state index contributed by atoms with van der Waals surface area (Å²) in [6, 6.07) is 9.54. The molecule has 0 aliphatic carbocycles. The maximum Gasteiger partial charge on any atom is 0.338 e. The molecular formula is C16H13Cl2N5O. The number of urea groups is 1. The molecule has 0 bridgehead atoms. The van der Waals surface area contributed by atoms with Gasteiger partial charge in [-0.05, 0) is 48.9 Å². The van der Waals surface area contributed by atoms with Crippen LogP contribution in [0.25, 0.3) is 11.0 Å². The zero-order valence-electron chi connectivity index (χ0n) is 12.6. The van der Waals surface area contributed by atoms with Crippen LogP contribution in [0.3, 0.4) is 0 Å². The van der Waals surface area contributed by atoms with Gasteiger partial charge in [-0.3, -0.25) is 5.43 Å². The topological polar surface area (TPSA) is 84.1 Å². The molecule has 3 aromatic rings. The molecule has 0 saturated heterocycles. The highest BCUT2D eigenvalue weighted by Crippen LogP contribution is 2.26. The number of nitrogens with two attached hydrogens (primary N) is 1. The van der Waals surface area contributed by atoms with Gasteiger partial charge in [0, 0.05) is 21.6 Å². The fourth-order valence-corrected chi connectivity index (χ4v) is 2.82. The Morgan fingerprint density at radius 3 is 2.58 bits per heavy atom. The van der Waals surface area contributed by atoms with E-state index >= 15 is 0 Å². The zero-order valence-corrected chi connectivity index (χ0v) is 14.1. The van der Waals surface area contributed by atoms with Gasteiger partial charge in [0.2, 0.25) is 0 Å². The molecule has 0 saturated carbocycles. The molecule has 0 aliphatic rings. The number of hydrazine groups is 1. The average molecular weight is 362 g/mol. The molecule has 6 nitrogen and oxygen atoms in total. The third kappa shape index (κ3) is 3.34. The van der Waals surface area contributed by atoms with Gasteiger partial charge in [0.1, 0.15) is 5.82 Å². The molecule has 0 fully saturated rings. The van der Waals surface area contributed by atoms with E-state index in [0.29, 0.717) is 27.2 Å². The molecule has 1 aromatic carbocycles. The van der Waals surface area contributed by atoms with Crippen molar-refractivity contribution < 1.29 is 4.79 Å². The van der Waals surface area contributed by atoms with E-state index in [1.807, 2.05) is 19.1 Å². The highest BCUT2D eigenvalue weighted by Gasteiger charge is 2.15. The number of amides is 2. The minimum atomic E-state index is -0.728. The number of rotatable bonds is 3. The maximum absolute atomic E-state index is 11.8. The molecule has 2 amide bonds. The van der Waals surface area contributed by atoms with Crippen LogP contribution in [0.15, 0.2) is 42.6 Å². The largest absolute Gasteiger partial charge is 0.350 e. The minimum Gasteiger partial charge on any atom is -0.350 e. The first kappa shape index (κ1) is 16.3. The van der Waals surface area contributed by atoms with Crippen LogP contribution in [-0.4, -0.2) is 16.0 Å². The van der Waals surface area contributed by atoms with Crippen molar-refractivity contribution in [2.75, 3.05) is 10.4 Å². The van der Waals surface area contributed by atoms with Gasteiger partial charge in [0.25, 0.3) is 0 Å². The molecule has 2 heterocycles. The monoisotopic (exact) mass is 361 g/mol. The van der Waals surface area contributed by atoms with E-state index in [2.05, 4.69) is 15.4 Å². The number of aryl methyl sites for hydroxylation is 1. The Bertz CT molecular complexity index is 911. The van der Waals surface area contributed by atoms with Crippen molar-refractivity contribution in [2.45, 2.75) is 6.92 Å². The first-order valence-corrected chi connectivity index (χ1v) is 7.74. The number of anilines is 2. The van der Waals surface area contributed by atoms with Crippen LogP contribution in [0.4, 0.5) is 16.3 Å². The zero-order chi connectivity index (χ0) is 17.3. The predicted molar refractivity (Wildman–Crippen MR) is 96.4 cm³/mol. The van der Waals surface area contributed by atoms with Crippen LogP contribution >= 0.6 is 23.2 Å². The van der Waals surface area contributed by atoms with Gasteiger partial charge in [-0.15, -0.1) is 0 Å². The molecule has 122 valence electrons. The number of hydrogen-bond donors (Lipinski definition) is 2. The number of nitrogens with zero attached hydrogens (tertiary/aromatic N) is 3. The lowest BCUT2D eigenvalue weighted by Crippen LogP contribution is -2.40. The van der Waals surface area contributed by atoms with E-state index in [9.17, 15) is 4.79 Å². The number of carbonyl (C=O) groups is 1. The van der Waals surface area contributed by atoms with Gasteiger partial charge < -0.3 is 5.73 Å². The Kier molecular flexibility index (Phi) is 4.42. The number of pyridine rings is 2. The standard InChI is InChI=1S/C16H13Cl2N5O/c1-9-5-14(21-15-13(9)3-2-4-20-15)22-23(16(19)24)12-7-10(17)6-11(18)8-12/h2-8H,1H3,(H2,19,24)(H,20,21,22). The first-order chi connectivity index (χ1) is 11.4. The van der Waals surface area contributed by atoms with Crippen LogP contribution in [-0.2, 0) is 0 Å². The molecule has 2 aromatic heterocycles. The van der Waals surface area contributed by atoms with Crippen LogP contribution in [0.2, 0.25) is 10.0 Å². The second kappa shape index (κ2) is 6.51. The summed E-state index contributed by atoms with van der Waals surface area (Å²) in [4.78, 5) is 20.5. The van der Waals surface area contributed by atoms with Crippen LogP contribution in [0.5, 0.6) is 0 Å². The van der Waals surface area contributed by atoms with Crippen molar-refractivity contribution in [3.05, 3.63) is 58.2 Å². The maximum atomic E-state index is 11.8. The Labute approximate surface area is 148 Å². The number of halogens is 2. The van der Waals surface area contributed by atoms with Crippen molar-refractivity contribution in [3.63, 3.8) is 0 Å². The van der Waals surface area contributed by atoms with Crippen molar-refractivity contribution in [1.82, 2.24) is 9.97 Å². The Morgan fingerprint density at radius 1 is 1.21 bits per heavy atom. The number of hydrogen-bond acceptors (Lipinski definition) is 4. The lowest BCUT2D eigenvalue weighted by Gasteiger charge is -2.22. The van der Waals surface area contributed by atoms with E-state index in [1.54, 1.807) is 30.5 Å².